The average molecular weight is 261 g/mol. The molecule has 0 fully saturated rings. The zero-order valence-electron chi connectivity index (χ0n) is 7.20. The maximum absolute atomic E-state index is 10.8. The van der Waals surface area contributed by atoms with E-state index in [4.69, 9.17) is 10.2 Å². The molecular formula is C9H9BrO4. The third-order valence-electron chi connectivity index (χ3n) is 1.82. The number of aromatic hydroxyl groups is 2. The van der Waals surface area contributed by atoms with E-state index in [2.05, 4.69) is 15.9 Å². The summed E-state index contributed by atoms with van der Waals surface area (Å²) in [5, 5.41) is 27.9. The molecule has 0 saturated heterocycles. The van der Waals surface area contributed by atoms with Gasteiger partial charge >= 0.3 is 5.97 Å². The number of alkyl halides is 1. The number of hydrogen-bond donors (Lipinski definition) is 3. The number of phenolic OH excluding ortho intramolecular Hbond substituents is 1. The first-order chi connectivity index (χ1) is 6.57. The van der Waals surface area contributed by atoms with Gasteiger partial charge in [0.05, 0.1) is 0 Å². The Morgan fingerprint density at radius 3 is 2.50 bits per heavy atom. The van der Waals surface area contributed by atoms with Gasteiger partial charge in [-0.2, -0.15) is 0 Å². The maximum Gasteiger partial charge on any atom is 0.339 e. The molecule has 0 amide bonds. The van der Waals surface area contributed by atoms with Gasteiger partial charge in [-0.1, -0.05) is 22.0 Å². The van der Waals surface area contributed by atoms with Gasteiger partial charge in [0.1, 0.15) is 5.56 Å². The second-order valence-electron chi connectivity index (χ2n) is 2.71. The van der Waals surface area contributed by atoms with Crippen LogP contribution >= 0.6 is 15.9 Å². The highest BCUT2D eigenvalue weighted by Crippen LogP contribution is 2.31. The van der Waals surface area contributed by atoms with Crippen molar-refractivity contribution in [2.45, 2.75) is 6.42 Å². The first-order valence-corrected chi connectivity index (χ1v) is 5.03. The van der Waals surface area contributed by atoms with Crippen LogP contribution in [0.2, 0.25) is 0 Å². The van der Waals surface area contributed by atoms with Crippen molar-refractivity contribution in [3.8, 4) is 11.5 Å². The Morgan fingerprint density at radius 2 is 2.00 bits per heavy atom. The number of carboxylic acids is 1. The van der Waals surface area contributed by atoms with Crippen LogP contribution in [-0.2, 0) is 6.42 Å². The van der Waals surface area contributed by atoms with Gasteiger partial charge in [-0.25, -0.2) is 4.79 Å². The molecule has 0 saturated carbocycles. The number of aryl methyl sites for hydroxylation is 1. The van der Waals surface area contributed by atoms with Crippen LogP contribution in [-0.4, -0.2) is 26.6 Å². The van der Waals surface area contributed by atoms with E-state index in [1.807, 2.05) is 0 Å². The van der Waals surface area contributed by atoms with Crippen molar-refractivity contribution in [1.29, 1.82) is 0 Å². The van der Waals surface area contributed by atoms with Crippen LogP contribution < -0.4 is 0 Å². The van der Waals surface area contributed by atoms with Crippen LogP contribution in [0.1, 0.15) is 15.9 Å². The minimum atomic E-state index is -1.24. The Kier molecular flexibility index (Phi) is 3.35. The number of carboxylic acid groups (broad SMARTS) is 1. The van der Waals surface area contributed by atoms with E-state index in [1.54, 1.807) is 0 Å². The molecule has 4 nitrogen and oxygen atoms in total. The minimum absolute atomic E-state index is 0.232. The third-order valence-corrected chi connectivity index (χ3v) is 2.22. The van der Waals surface area contributed by atoms with E-state index < -0.39 is 17.5 Å². The van der Waals surface area contributed by atoms with Crippen molar-refractivity contribution in [2.75, 3.05) is 5.33 Å². The number of benzene rings is 1. The molecule has 1 aromatic rings. The van der Waals surface area contributed by atoms with E-state index in [9.17, 15) is 9.90 Å². The molecule has 76 valence electrons. The van der Waals surface area contributed by atoms with Crippen LogP contribution in [0.5, 0.6) is 11.5 Å². The third kappa shape index (κ3) is 1.98. The summed E-state index contributed by atoms with van der Waals surface area (Å²) in [6.45, 7) is 0. The van der Waals surface area contributed by atoms with Gasteiger partial charge in [-0.15, -0.1) is 0 Å². The summed E-state index contributed by atoms with van der Waals surface area (Å²) < 4.78 is 0. The summed E-state index contributed by atoms with van der Waals surface area (Å²) in [6.07, 6.45) is 0.482. The fourth-order valence-corrected chi connectivity index (χ4v) is 1.60. The summed E-state index contributed by atoms with van der Waals surface area (Å²) >= 11 is 3.18. The van der Waals surface area contributed by atoms with E-state index in [-0.39, 0.29) is 5.56 Å². The summed E-state index contributed by atoms with van der Waals surface area (Å²) in [7, 11) is 0. The fraction of sp³-hybridized carbons (Fsp3) is 0.222. The predicted octanol–water partition coefficient (Wildman–Crippen LogP) is 1.73. The summed E-state index contributed by atoms with van der Waals surface area (Å²) in [5.74, 6) is -2.23. The molecule has 0 spiro atoms. The highest BCUT2D eigenvalue weighted by molar-refractivity contribution is 9.09. The molecule has 1 rings (SSSR count). The molecule has 0 heterocycles. The minimum Gasteiger partial charge on any atom is -0.504 e. The van der Waals surface area contributed by atoms with Gasteiger partial charge in [-0.05, 0) is 18.1 Å². The lowest BCUT2D eigenvalue weighted by atomic mass is 10.0. The molecule has 5 heteroatoms. The molecule has 3 N–H and O–H groups in total. The molecule has 0 atom stereocenters. The van der Waals surface area contributed by atoms with E-state index in [1.165, 1.54) is 12.1 Å². The van der Waals surface area contributed by atoms with Crippen LogP contribution in [0.4, 0.5) is 0 Å². The normalized spacial score (nSPS) is 10.1. The smallest absolute Gasteiger partial charge is 0.339 e. The molecule has 0 bridgehead atoms. The Morgan fingerprint density at radius 1 is 1.36 bits per heavy atom. The van der Waals surface area contributed by atoms with Gasteiger partial charge in [0.25, 0.3) is 0 Å². The van der Waals surface area contributed by atoms with Crippen molar-refractivity contribution in [2.24, 2.45) is 0 Å². The zero-order valence-corrected chi connectivity index (χ0v) is 8.78. The number of hydrogen-bond acceptors (Lipinski definition) is 3. The molecule has 0 unspecified atom stereocenters. The van der Waals surface area contributed by atoms with Gasteiger partial charge < -0.3 is 15.3 Å². The lowest BCUT2D eigenvalue weighted by Gasteiger charge is -2.07. The first-order valence-electron chi connectivity index (χ1n) is 3.91. The number of aromatic carboxylic acids is 1. The molecule has 14 heavy (non-hydrogen) atoms. The molecule has 0 radical (unpaired) electrons. The van der Waals surface area contributed by atoms with Crippen molar-refractivity contribution in [3.05, 3.63) is 23.3 Å². The first kappa shape index (κ1) is 10.8. The average Bonchev–Trinajstić information content (AvgIpc) is 2.11. The van der Waals surface area contributed by atoms with Gasteiger partial charge in [-0.3, -0.25) is 0 Å². The quantitative estimate of drug-likeness (QED) is 0.572. The Balaban J connectivity index is 3.30. The maximum atomic E-state index is 10.8. The fourth-order valence-electron chi connectivity index (χ4n) is 1.17. The summed E-state index contributed by atoms with van der Waals surface area (Å²) in [5.41, 5.74) is 0.258. The van der Waals surface area contributed by atoms with Crippen molar-refractivity contribution >= 4 is 21.9 Å². The van der Waals surface area contributed by atoms with Crippen molar-refractivity contribution in [3.63, 3.8) is 0 Å². The Hall–Kier alpha value is -1.23. The standard InChI is InChI=1S/C9H9BrO4/c10-4-3-5-1-2-6(11)8(12)7(5)9(13)14/h1-2,11-12H,3-4H2,(H,13,14). The topological polar surface area (TPSA) is 77.8 Å². The molecule has 0 aromatic heterocycles. The Bertz CT molecular complexity index is 362. The van der Waals surface area contributed by atoms with E-state index >= 15 is 0 Å². The SMILES string of the molecule is O=C(O)c1c(CCBr)ccc(O)c1O. The predicted molar refractivity (Wildman–Crippen MR) is 54.2 cm³/mol. The van der Waals surface area contributed by atoms with Gasteiger partial charge in [0.15, 0.2) is 11.5 Å². The molecular weight excluding hydrogens is 252 g/mol. The highest BCUT2D eigenvalue weighted by atomic mass is 79.9. The van der Waals surface area contributed by atoms with Gasteiger partial charge in [0.2, 0.25) is 0 Å². The van der Waals surface area contributed by atoms with Crippen LogP contribution in [0.3, 0.4) is 0 Å². The number of halogens is 1. The van der Waals surface area contributed by atoms with Crippen molar-refractivity contribution in [1.82, 2.24) is 0 Å². The van der Waals surface area contributed by atoms with E-state index in [0.29, 0.717) is 17.3 Å². The molecule has 1 aromatic carbocycles. The summed E-state index contributed by atoms with van der Waals surface area (Å²) in [4.78, 5) is 10.8. The lowest BCUT2D eigenvalue weighted by molar-refractivity contribution is 0.0692. The van der Waals surface area contributed by atoms with Crippen molar-refractivity contribution < 1.29 is 20.1 Å². The number of rotatable bonds is 3. The second-order valence-corrected chi connectivity index (χ2v) is 3.50. The zero-order chi connectivity index (χ0) is 10.7. The monoisotopic (exact) mass is 260 g/mol. The largest absolute Gasteiger partial charge is 0.504 e. The Labute approximate surface area is 88.9 Å². The molecule has 0 aliphatic heterocycles. The second kappa shape index (κ2) is 4.32. The lowest BCUT2D eigenvalue weighted by Crippen LogP contribution is -2.03. The van der Waals surface area contributed by atoms with Gasteiger partial charge in [0, 0.05) is 5.33 Å². The highest BCUT2D eigenvalue weighted by Gasteiger charge is 2.17. The van der Waals surface area contributed by atoms with Crippen LogP contribution in [0, 0.1) is 0 Å². The van der Waals surface area contributed by atoms with E-state index in [0.717, 1.165) is 0 Å². The van der Waals surface area contributed by atoms with Crippen LogP contribution in [0.15, 0.2) is 12.1 Å². The molecule has 0 aliphatic carbocycles. The number of carbonyl (C=O) groups is 1. The molecule has 0 aliphatic rings. The van der Waals surface area contributed by atoms with Crippen LogP contribution in [0.25, 0.3) is 0 Å². The summed E-state index contributed by atoms with van der Waals surface area (Å²) in [6, 6.07) is 2.76. The number of phenols is 2.